The molecule has 2 aromatic rings. The van der Waals surface area contributed by atoms with Crippen molar-refractivity contribution in [1.82, 2.24) is 0 Å². The van der Waals surface area contributed by atoms with Gasteiger partial charge in [-0.1, -0.05) is 12.1 Å². The summed E-state index contributed by atoms with van der Waals surface area (Å²) in [6.07, 6.45) is -4.81. The van der Waals surface area contributed by atoms with Gasteiger partial charge in [0.15, 0.2) is 5.75 Å². The average molecular weight is 301 g/mol. The van der Waals surface area contributed by atoms with Crippen LogP contribution in [0.5, 0.6) is 11.5 Å². The molecule has 0 amide bonds. The second-order valence-electron chi connectivity index (χ2n) is 4.17. The minimum absolute atomic E-state index is 0.0537. The van der Waals surface area contributed by atoms with Crippen molar-refractivity contribution < 1.29 is 27.4 Å². The highest BCUT2D eigenvalue weighted by molar-refractivity contribution is 5.56. The van der Waals surface area contributed by atoms with Gasteiger partial charge >= 0.3 is 6.36 Å². The zero-order chi connectivity index (χ0) is 15.5. The van der Waals surface area contributed by atoms with Crippen LogP contribution in [0, 0.1) is 5.82 Å². The van der Waals surface area contributed by atoms with E-state index in [1.807, 2.05) is 0 Å². The zero-order valence-electron chi connectivity index (χ0n) is 10.6. The third-order valence-corrected chi connectivity index (χ3v) is 2.62. The fourth-order valence-electron chi connectivity index (χ4n) is 1.71. The van der Waals surface area contributed by atoms with E-state index < -0.39 is 17.9 Å². The highest BCUT2D eigenvalue weighted by Crippen LogP contribution is 2.30. The summed E-state index contributed by atoms with van der Waals surface area (Å²) in [6, 6.07) is 8.81. The second kappa shape index (κ2) is 5.90. The maximum Gasteiger partial charge on any atom is 0.573 e. The van der Waals surface area contributed by atoms with Crippen LogP contribution in [0.25, 0.3) is 0 Å². The lowest BCUT2D eigenvalue weighted by Crippen LogP contribution is -2.18. The maximum absolute atomic E-state index is 13.1. The van der Waals surface area contributed by atoms with E-state index >= 15 is 0 Å². The van der Waals surface area contributed by atoms with Crippen LogP contribution >= 0.6 is 0 Å². The fraction of sp³-hybridized carbons (Fsp3) is 0.143. The van der Waals surface area contributed by atoms with Crippen molar-refractivity contribution in [2.45, 2.75) is 12.9 Å². The Morgan fingerprint density at radius 2 is 1.81 bits per heavy atom. The first-order chi connectivity index (χ1) is 9.85. The first kappa shape index (κ1) is 15.0. The Morgan fingerprint density at radius 1 is 1.10 bits per heavy atom. The second-order valence-corrected chi connectivity index (χ2v) is 4.17. The van der Waals surface area contributed by atoms with E-state index in [9.17, 15) is 22.7 Å². The maximum atomic E-state index is 13.1. The molecule has 112 valence electrons. The highest BCUT2D eigenvalue weighted by atomic mass is 19.4. The number of alkyl halides is 3. The molecule has 0 fully saturated rings. The monoisotopic (exact) mass is 301 g/mol. The van der Waals surface area contributed by atoms with E-state index in [4.69, 9.17) is 0 Å². The Kier molecular flexibility index (Phi) is 4.21. The van der Waals surface area contributed by atoms with E-state index in [1.54, 1.807) is 0 Å². The Hall–Kier alpha value is -2.44. The lowest BCUT2D eigenvalue weighted by atomic mass is 10.2. The van der Waals surface area contributed by atoms with Gasteiger partial charge in [0.1, 0.15) is 11.6 Å². The van der Waals surface area contributed by atoms with Crippen LogP contribution in [0.4, 0.5) is 23.2 Å². The van der Waals surface area contributed by atoms with E-state index in [0.717, 1.165) is 18.2 Å². The van der Waals surface area contributed by atoms with Gasteiger partial charge in [-0.15, -0.1) is 13.2 Å². The molecule has 2 N–H and O–H groups in total. The number of nitrogens with one attached hydrogen (secondary N) is 1. The van der Waals surface area contributed by atoms with Gasteiger partial charge in [-0.05, 0) is 30.3 Å². The van der Waals surface area contributed by atoms with Crippen molar-refractivity contribution in [3.63, 3.8) is 0 Å². The van der Waals surface area contributed by atoms with Gasteiger partial charge in [-0.25, -0.2) is 4.39 Å². The van der Waals surface area contributed by atoms with Crippen molar-refractivity contribution in [2.75, 3.05) is 5.32 Å². The number of halogens is 4. The molecule has 21 heavy (non-hydrogen) atoms. The molecule has 2 aromatic carbocycles. The summed E-state index contributed by atoms with van der Waals surface area (Å²) in [6.45, 7) is -0.0537. The number of aromatic hydroxyl groups is 1. The van der Waals surface area contributed by atoms with Crippen molar-refractivity contribution in [3.05, 3.63) is 53.8 Å². The predicted octanol–water partition coefficient (Wildman–Crippen LogP) is 4.04. The fourth-order valence-corrected chi connectivity index (χ4v) is 1.71. The zero-order valence-corrected chi connectivity index (χ0v) is 10.6. The van der Waals surface area contributed by atoms with Gasteiger partial charge in [0.05, 0.1) is 5.69 Å². The van der Waals surface area contributed by atoms with Gasteiger partial charge in [0.25, 0.3) is 0 Å². The number of ether oxygens (including phenoxy) is 1. The number of phenolic OH excluding ortho intramolecular Hbond substituents is 1. The first-order valence-corrected chi connectivity index (χ1v) is 5.91. The average Bonchev–Trinajstić information content (AvgIpc) is 2.39. The Balaban J connectivity index is 2.15. The Labute approximate surface area is 117 Å². The highest BCUT2D eigenvalue weighted by Gasteiger charge is 2.32. The smallest absolute Gasteiger partial charge is 0.508 e. The van der Waals surface area contributed by atoms with Crippen LogP contribution in [0.2, 0.25) is 0 Å². The molecule has 0 bridgehead atoms. The molecular formula is C14H11F4NO2. The molecule has 0 aliphatic heterocycles. The van der Waals surface area contributed by atoms with Crippen LogP contribution in [-0.4, -0.2) is 11.5 Å². The van der Waals surface area contributed by atoms with Crippen LogP contribution < -0.4 is 10.1 Å². The van der Waals surface area contributed by atoms with Crippen molar-refractivity contribution in [3.8, 4) is 11.5 Å². The van der Waals surface area contributed by atoms with E-state index in [1.165, 1.54) is 24.3 Å². The van der Waals surface area contributed by atoms with Gasteiger partial charge < -0.3 is 15.2 Å². The molecule has 0 saturated carbocycles. The van der Waals surface area contributed by atoms with Crippen LogP contribution in [0.1, 0.15) is 5.56 Å². The molecule has 0 spiro atoms. The Morgan fingerprint density at radius 3 is 2.52 bits per heavy atom. The molecule has 3 nitrogen and oxygen atoms in total. The molecule has 7 heteroatoms. The van der Waals surface area contributed by atoms with Gasteiger partial charge in [-0.3, -0.25) is 0 Å². The van der Waals surface area contributed by atoms with Crippen molar-refractivity contribution in [2.24, 2.45) is 0 Å². The minimum atomic E-state index is -4.81. The summed E-state index contributed by atoms with van der Waals surface area (Å²) in [5.41, 5.74) is 0.301. The number of hydrogen-bond acceptors (Lipinski definition) is 3. The summed E-state index contributed by atoms with van der Waals surface area (Å²) < 4.78 is 53.7. The molecule has 0 aliphatic carbocycles. The molecule has 0 unspecified atom stereocenters. The van der Waals surface area contributed by atoms with Gasteiger partial charge in [-0.2, -0.15) is 0 Å². The van der Waals surface area contributed by atoms with Crippen LogP contribution in [-0.2, 0) is 6.54 Å². The topological polar surface area (TPSA) is 41.5 Å². The van der Waals surface area contributed by atoms with Crippen molar-refractivity contribution >= 4 is 5.69 Å². The SMILES string of the molecule is Oc1ccc(F)cc1CNc1ccccc1OC(F)(F)F. The number of phenols is 1. The molecule has 2 rings (SSSR count). The number of rotatable bonds is 4. The van der Waals surface area contributed by atoms with Crippen molar-refractivity contribution in [1.29, 1.82) is 0 Å². The molecule has 0 atom stereocenters. The largest absolute Gasteiger partial charge is 0.573 e. The summed E-state index contributed by atoms with van der Waals surface area (Å²) in [5.74, 6) is -1.11. The predicted molar refractivity (Wildman–Crippen MR) is 68.5 cm³/mol. The van der Waals surface area contributed by atoms with E-state index in [2.05, 4.69) is 10.1 Å². The summed E-state index contributed by atoms with van der Waals surface area (Å²) in [7, 11) is 0. The summed E-state index contributed by atoms with van der Waals surface area (Å²) in [4.78, 5) is 0. The molecule has 0 radical (unpaired) electrons. The van der Waals surface area contributed by atoms with E-state index in [-0.39, 0.29) is 23.5 Å². The van der Waals surface area contributed by atoms with E-state index in [0.29, 0.717) is 0 Å². The number of hydrogen-bond donors (Lipinski definition) is 2. The van der Waals surface area contributed by atoms with Gasteiger partial charge in [0, 0.05) is 12.1 Å². The van der Waals surface area contributed by atoms with Crippen LogP contribution in [0.15, 0.2) is 42.5 Å². The lowest BCUT2D eigenvalue weighted by molar-refractivity contribution is -0.274. The molecular weight excluding hydrogens is 290 g/mol. The quantitative estimate of drug-likeness (QED) is 0.837. The molecule has 0 saturated heterocycles. The Bertz CT molecular complexity index is 629. The summed E-state index contributed by atoms with van der Waals surface area (Å²) >= 11 is 0. The molecule has 0 aliphatic rings. The number of para-hydroxylation sites is 2. The minimum Gasteiger partial charge on any atom is -0.508 e. The van der Waals surface area contributed by atoms with Gasteiger partial charge in [0.2, 0.25) is 0 Å². The third kappa shape index (κ3) is 4.27. The normalized spacial score (nSPS) is 11.2. The first-order valence-electron chi connectivity index (χ1n) is 5.91. The molecule has 0 aromatic heterocycles. The number of anilines is 1. The molecule has 0 heterocycles. The lowest BCUT2D eigenvalue weighted by Gasteiger charge is -2.14. The standard InChI is InChI=1S/C14H11F4NO2/c15-10-5-6-12(20)9(7-10)8-19-11-3-1-2-4-13(11)21-14(16,17)18/h1-7,19-20H,8H2. The summed E-state index contributed by atoms with van der Waals surface area (Å²) in [5, 5.41) is 12.2. The number of benzene rings is 2. The van der Waals surface area contributed by atoms with Crippen LogP contribution in [0.3, 0.4) is 0 Å². The third-order valence-electron chi connectivity index (χ3n) is 2.62.